The van der Waals surface area contributed by atoms with Crippen molar-refractivity contribution < 1.29 is 4.74 Å². The van der Waals surface area contributed by atoms with E-state index in [2.05, 4.69) is 15.7 Å². The lowest BCUT2D eigenvalue weighted by molar-refractivity contribution is 0.0707. The molecule has 78 valence electrons. The summed E-state index contributed by atoms with van der Waals surface area (Å²) < 4.78 is 5.39. The second kappa shape index (κ2) is 5.44. The molecule has 1 aliphatic heterocycles. The van der Waals surface area contributed by atoms with E-state index in [1.54, 1.807) is 11.3 Å². The third kappa shape index (κ3) is 3.04. The van der Waals surface area contributed by atoms with Crippen molar-refractivity contribution in [3.63, 3.8) is 0 Å². The van der Waals surface area contributed by atoms with Gasteiger partial charge < -0.3 is 10.1 Å². The summed E-state index contributed by atoms with van der Waals surface area (Å²) >= 11 is 1.66. The molecule has 4 heteroatoms. The Balaban J connectivity index is 1.62. The fourth-order valence-corrected chi connectivity index (χ4v) is 2.26. The zero-order valence-electron chi connectivity index (χ0n) is 8.24. The largest absolute Gasteiger partial charge is 0.380 e. The van der Waals surface area contributed by atoms with Gasteiger partial charge in [-0.05, 0) is 12.8 Å². The summed E-state index contributed by atoms with van der Waals surface area (Å²) in [4.78, 5) is 4.25. The molecule has 2 heterocycles. The van der Waals surface area contributed by atoms with Crippen LogP contribution in [-0.4, -0.2) is 30.8 Å². The molecule has 0 aliphatic carbocycles. The van der Waals surface area contributed by atoms with Gasteiger partial charge in [0.1, 0.15) is 0 Å². The van der Waals surface area contributed by atoms with Gasteiger partial charge in [-0.15, -0.1) is 11.3 Å². The third-order valence-electron chi connectivity index (χ3n) is 2.46. The monoisotopic (exact) mass is 212 g/mol. The van der Waals surface area contributed by atoms with Crippen molar-refractivity contribution in [2.24, 2.45) is 0 Å². The lowest BCUT2D eigenvalue weighted by Gasteiger charge is -2.22. The summed E-state index contributed by atoms with van der Waals surface area (Å²) in [7, 11) is 0. The van der Waals surface area contributed by atoms with Crippen LogP contribution in [0.25, 0.3) is 0 Å². The van der Waals surface area contributed by atoms with E-state index < -0.39 is 0 Å². The van der Waals surface area contributed by atoms with Crippen LogP contribution in [0.2, 0.25) is 0 Å². The molecule has 0 radical (unpaired) electrons. The van der Waals surface area contributed by atoms with E-state index in [-0.39, 0.29) is 0 Å². The van der Waals surface area contributed by atoms with Gasteiger partial charge in [0.2, 0.25) is 0 Å². The van der Waals surface area contributed by atoms with Crippen molar-refractivity contribution in [1.82, 2.24) is 10.3 Å². The highest BCUT2D eigenvalue weighted by Gasteiger charge is 2.12. The van der Waals surface area contributed by atoms with Crippen LogP contribution < -0.4 is 5.32 Å². The number of hydrogen-bond donors (Lipinski definition) is 1. The fourth-order valence-electron chi connectivity index (χ4n) is 1.67. The highest BCUT2D eigenvalue weighted by Crippen LogP contribution is 2.06. The van der Waals surface area contributed by atoms with Crippen LogP contribution in [0.3, 0.4) is 0 Å². The molecule has 1 aromatic heterocycles. The molecule has 1 unspecified atom stereocenters. The molecule has 1 aromatic rings. The molecule has 0 aromatic carbocycles. The maximum absolute atomic E-state index is 5.39. The summed E-state index contributed by atoms with van der Waals surface area (Å²) in [5, 5.41) is 5.61. The van der Waals surface area contributed by atoms with Crippen LogP contribution in [0, 0.1) is 0 Å². The van der Waals surface area contributed by atoms with Gasteiger partial charge >= 0.3 is 0 Å². The van der Waals surface area contributed by atoms with Crippen molar-refractivity contribution in [3.05, 3.63) is 16.6 Å². The normalized spacial score (nSPS) is 22.4. The second-order valence-corrected chi connectivity index (χ2v) is 4.32. The van der Waals surface area contributed by atoms with Gasteiger partial charge in [0.05, 0.1) is 17.8 Å². The number of aromatic nitrogens is 1. The number of nitrogens with zero attached hydrogens (tertiary/aromatic N) is 1. The molecule has 1 saturated heterocycles. The van der Waals surface area contributed by atoms with Crippen molar-refractivity contribution in [2.45, 2.75) is 25.3 Å². The van der Waals surface area contributed by atoms with Gasteiger partial charge in [0.25, 0.3) is 0 Å². The first-order valence-corrected chi connectivity index (χ1v) is 6.07. The van der Waals surface area contributed by atoms with E-state index in [0.29, 0.717) is 6.04 Å². The van der Waals surface area contributed by atoms with Gasteiger partial charge in [0.15, 0.2) is 0 Å². The molecule has 0 spiro atoms. The van der Waals surface area contributed by atoms with Gasteiger partial charge in [-0.3, -0.25) is 0 Å². The van der Waals surface area contributed by atoms with E-state index in [1.165, 1.54) is 18.5 Å². The van der Waals surface area contributed by atoms with Crippen LogP contribution in [0.5, 0.6) is 0 Å². The SMILES string of the molecule is c1nc(CCNC2CCCOC2)cs1. The third-order valence-corrected chi connectivity index (χ3v) is 3.09. The topological polar surface area (TPSA) is 34.2 Å². The number of thiazole rings is 1. The Labute approximate surface area is 88.5 Å². The minimum atomic E-state index is 0.558. The summed E-state index contributed by atoms with van der Waals surface area (Å²) in [5.41, 5.74) is 3.08. The van der Waals surface area contributed by atoms with Crippen LogP contribution in [0.15, 0.2) is 10.9 Å². The minimum Gasteiger partial charge on any atom is -0.380 e. The zero-order chi connectivity index (χ0) is 9.64. The maximum atomic E-state index is 5.39. The zero-order valence-corrected chi connectivity index (χ0v) is 9.05. The standard InChI is InChI=1S/C10H16N2OS/c1-2-9(6-13-5-1)11-4-3-10-7-14-8-12-10/h7-9,11H,1-6H2. The first-order valence-electron chi connectivity index (χ1n) is 5.13. The summed E-state index contributed by atoms with van der Waals surface area (Å²) in [6, 6.07) is 0.558. The number of nitrogens with one attached hydrogen (secondary N) is 1. The van der Waals surface area contributed by atoms with Crippen LogP contribution in [-0.2, 0) is 11.2 Å². The minimum absolute atomic E-state index is 0.558. The predicted molar refractivity (Wildman–Crippen MR) is 57.7 cm³/mol. The van der Waals surface area contributed by atoms with Gasteiger partial charge in [-0.2, -0.15) is 0 Å². The molecule has 1 N–H and O–H groups in total. The van der Waals surface area contributed by atoms with Crippen LogP contribution in [0.1, 0.15) is 18.5 Å². The quantitative estimate of drug-likeness (QED) is 0.820. The fraction of sp³-hybridized carbons (Fsp3) is 0.700. The van der Waals surface area contributed by atoms with Crippen molar-refractivity contribution >= 4 is 11.3 Å². The molecular formula is C10H16N2OS. The highest BCUT2D eigenvalue weighted by molar-refractivity contribution is 7.07. The van der Waals surface area contributed by atoms with E-state index >= 15 is 0 Å². The molecule has 3 nitrogen and oxygen atoms in total. The molecule has 1 fully saturated rings. The van der Waals surface area contributed by atoms with E-state index in [4.69, 9.17) is 4.74 Å². The van der Waals surface area contributed by atoms with E-state index in [9.17, 15) is 0 Å². The summed E-state index contributed by atoms with van der Waals surface area (Å²) in [6.07, 6.45) is 3.46. The number of ether oxygens (including phenoxy) is 1. The lowest BCUT2D eigenvalue weighted by atomic mass is 10.1. The number of hydrogen-bond acceptors (Lipinski definition) is 4. The van der Waals surface area contributed by atoms with E-state index in [1.807, 2.05) is 5.51 Å². The molecule has 0 saturated carbocycles. The summed E-state index contributed by atoms with van der Waals surface area (Å²) in [6.45, 7) is 2.82. The average molecular weight is 212 g/mol. The second-order valence-electron chi connectivity index (χ2n) is 3.60. The van der Waals surface area contributed by atoms with Crippen LogP contribution in [0.4, 0.5) is 0 Å². The molecule has 0 bridgehead atoms. The Morgan fingerprint density at radius 1 is 1.64 bits per heavy atom. The Hall–Kier alpha value is -0.450. The average Bonchev–Trinajstić information content (AvgIpc) is 2.72. The van der Waals surface area contributed by atoms with Gasteiger partial charge in [-0.25, -0.2) is 4.98 Å². The van der Waals surface area contributed by atoms with Crippen molar-refractivity contribution in [1.29, 1.82) is 0 Å². The van der Waals surface area contributed by atoms with E-state index in [0.717, 1.165) is 26.2 Å². The molecule has 1 atom stereocenters. The number of rotatable bonds is 4. The molecule has 2 rings (SSSR count). The smallest absolute Gasteiger partial charge is 0.0794 e. The van der Waals surface area contributed by atoms with Gasteiger partial charge in [0, 0.05) is 31.0 Å². The Morgan fingerprint density at radius 2 is 2.64 bits per heavy atom. The summed E-state index contributed by atoms with van der Waals surface area (Å²) in [5.74, 6) is 0. The Kier molecular flexibility index (Phi) is 3.91. The maximum Gasteiger partial charge on any atom is 0.0794 e. The molecule has 1 aliphatic rings. The Morgan fingerprint density at radius 3 is 3.36 bits per heavy atom. The Bertz CT molecular complexity index is 245. The predicted octanol–water partition coefficient (Wildman–Crippen LogP) is 1.45. The van der Waals surface area contributed by atoms with Crippen molar-refractivity contribution in [3.8, 4) is 0 Å². The van der Waals surface area contributed by atoms with Gasteiger partial charge in [-0.1, -0.05) is 0 Å². The molecular weight excluding hydrogens is 196 g/mol. The first kappa shape index (κ1) is 10.1. The van der Waals surface area contributed by atoms with Crippen molar-refractivity contribution in [2.75, 3.05) is 19.8 Å². The molecule has 14 heavy (non-hydrogen) atoms. The first-order chi connectivity index (χ1) is 6.95. The lowest BCUT2D eigenvalue weighted by Crippen LogP contribution is -2.37. The molecule has 0 amide bonds. The highest BCUT2D eigenvalue weighted by atomic mass is 32.1. The van der Waals surface area contributed by atoms with Crippen LogP contribution >= 0.6 is 11.3 Å².